The number of imidazole rings is 1. The molecule has 0 N–H and O–H groups in total. The van der Waals surface area contributed by atoms with E-state index in [2.05, 4.69) is 4.98 Å². The second-order valence-corrected chi connectivity index (χ2v) is 6.74. The van der Waals surface area contributed by atoms with Crippen molar-refractivity contribution < 1.29 is 8.42 Å². The summed E-state index contributed by atoms with van der Waals surface area (Å²) in [6.07, 6.45) is 3.50. The molecule has 0 unspecified atom stereocenters. The summed E-state index contributed by atoms with van der Waals surface area (Å²) in [7, 11) is -3.60. The Morgan fingerprint density at radius 2 is 2.21 bits per heavy atom. The summed E-state index contributed by atoms with van der Waals surface area (Å²) in [4.78, 5) is 4.10. The Morgan fingerprint density at radius 1 is 1.47 bits per heavy atom. The highest BCUT2D eigenvalue weighted by Gasteiger charge is 2.39. The van der Waals surface area contributed by atoms with Crippen LogP contribution in [-0.4, -0.2) is 34.7 Å². The van der Waals surface area contributed by atoms with Crippen molar-refractivity contribution in [3.63, 3.8) is 0 Å². The lowest BCUT2D eigenvalue weighted by Crippen LogP contribution is -2.33. The normalized spacial score (nSPS) is 16.4. The van der Waals surface area contributed by atoms with Crippen molar-refractivity contribution in [3.8, 4) is 0 Å². The fraction of sp³-hybridized carbons (Fsp3) is 0.417. The summed E-state index contributed by atoms with van der Waals surface area (Å²) in [6, 6.07) is 5.41. The molecule has 0 bridgehead atoms. The third-order valence-electron chi connectivity index (χ3n) is 3.27. The molecule has 5 nitrogen and oxygen atoms in total. The minimum Gasteiger partial charge on any atom is -0.288 e. The number of nitrogens with zero attached hydrogens (tertiary/aromatic N) is 3. The Labute approximate surface area is 116 Å². The molecule has 1 saturated carbocycles. The summed E-state index contributed by atoms with van der Waals surface area (Å²) in [5.74, 6) is 0. The first-order valence-electron chi connectivity index (χ1n) is 6.20. The number of rotatable bonds is 4. The van der Waals surface area contributed by atoms with Crippen molar-refractivity contribution in [2.45, 2.75) is 30.8 Å². The van der Waals surface area contributed by atoms with Gasteiger partial charge in [0.2, 0.25) is 0 Å². The quantitative estimate of drug-likeness (QED) is 0.869. The zero-order valence-corrected chi connectivity index (χ0v) is 12.0. The van der Waals surface area contributed by atoms with E-state index in [-0.39, 0.29) is 16.2 Å². The standard InChI is InChI=1S/C12H14ClN3O2S/c1-2-16(9-6-7-9)19(17,18)12-11(13)14-10-5-3-4-8-15(10)12/h3-5,8-9H,2,6-7H2,1H3. The van der Waals surface area contributed by atoms with Crippen molar-refractivity contribution in [1.29, 1.82) is 0 Å². The molecule has 19 heavy (non-hydrogen) atoms. The van der Waals surface area contributed by atoms with Crippen LogP contribution in [0.4, 0.5) is 0 Å². The average molecular weight is 300 g/mol. The van der Waals surface area contributed by atoms with Crippen LogP contribution >= 0.6 is 11.6 Å². The SMILES string of the molecule is CCN(C1CC1)S(=O)(=O)c1c(Cl)nc2ccccn12. The Balaban J connectivity index is 2.20. The van der Waals surface area contributed by atoms with Crippen LogP contribution in [0.25, 0.3) is 5.65 Å². The van der Waals surface area contributed by atoms with E-state index in [1.807, 2.05) is 6.92 Å². The van der Waals surface area contributed by atoms with Crippen molar-refractivity contribution in [3.05, 3.63) is 29.5 Å². The Bertz CT molecular complexity index is 722. The van der Waals surface area contributed by atoms with Crippen LogP contribution in [-0.2, 0) is 10.0 Å². The average Bonchev–Trinajstić information content (AvgIpc) is 3.10. The molecule has 0 aromatic carbocycles. The maximum absolute atomic E-state index is 12.7. The van der Waals surface area contributed by atoms with Gasteiger partial charge in [-0.2, -0.15) is 4.31 Å². The summed E-state index contributed by atoms with van der Waals surface area (Å²) >= 11 is 6.04. The number of fused-ring (bicyclic) bond motifs is 1. The third kappa shape index (κ3) is 2.04. The largest absolute Gasteiger partial charge is 0.288 e. The van der Waals surface area contributed by atoms with Crippen molar-refractivity contribution in [2.24, 2.45) is 0 Å². The molecule has 2 aromatic rings. The molecule has 0 saturated heterocycles. The number of hydrogen-bond acceptors (Lipinski definition) is 3. The van der Waals surface area contributed by atoms with Gasteiger partial charge >= 0.3 is 0 Å². The fourth-order valence-electron chi connectivity index (χ4n) is 2.27. The molecular weight excluding hydrogens is 286 g/mol. The molecule has 2 heterocycles. The lowest BCUT2D eigenvalue weighted by Gasteiger charge is -2.19. The summed E-state index contributed by atoms with van der Waals surface area (Å²) in [6.45, 7) is 2.29. The molecule has 0 radical (unpaired) electrons. The first-order chi connectivity index (χ1) is 9.05. The second kappa shape index (κ2) is 4.47. The maximum atomic E-state index is 12.7. The molecule has 0 spiro atoms. The highest BCUT2D eigenvalue weighted by atomic mass is 35.5. The van der Waals surface area contributed by atoms with E-state index < -0.39 is 10.0 Å². The van der Waals surface area contributed by atoms with Gasteiger partial charge in [-0.05, 0) is 25.0 Å². The molecule has 0 aliphatic heterocycles. The predicted molar refractivity (Wildman–Crippen MR) is 72.8 cm³/mol. The Hall–Kier alpha value is -1.11. The lowest BCUT2D eigenvalue weighted by molar-refractivity contribution is 0.418. The van der Waals surface area contributed by atoms with Gasteiger partial charge in [0.25, 0.3) is 10.0 Å². The van der Waals surface area contributed by atoms with Crippen molar-refractivity contribution in [2.75, 3.05) is 6.54 Å². The highest BCUT2D eigenvalue weighted by molar-refractivity contribution is 7.89. The van der Waals surface area contributed by atoms with Crippen LogP contribution in [0.15, 0.2) is 29.4 Å². The van der Waals surface area contributed by atoms with Gasteiger partial charge in [0.05, 0.1) is 0 Å². The molecule has 102 valence electrons. The van der Waals surface area contributed by atoms with E-state index in [9.17, 15) is 8.42 Å². The molecule has 3 rings (SSSR count). The topological polar surface area (TPSA) is 54.7 Å². The minimum absolute atomic E-state index is 0.0327. The molecule has 0 amide bonds. The third-order valence-corrected chi connectivity index (χ3v) is 5.69. The Kier molecular flexibility index (Phi) is 3.03. The van der Waals surface area contributed by atoms with Crippen LogP contribution < -0.4 is 0 Å². The first kappa shape index (κ1) is 12.9. The number of pyridine rings is 1. The van der Waals surface area contributed by atoms with Gasteiger partial charge in [-0.3, -0.25) is 4.40 Å². The molecular formula is C12H14ClN3O2S. The van der Waals surface area contributed by atoms with Crippen molar-refractivity contribution >= 4 is 27.3 Å². The van der Waals surface area contributed by atoms with Gasteiger partial charge in [0.1, 0.15) is 5.65 Å². The van der Waals surface area contributed by atoms with Crippen LogP contribution in [0.3, 0.4) is 0 Å². The number of hydrogen-bond donors (Lipinski definition) is 0. The van der Waals surface area contributed by atoms with Gasteiger partial charge in [-0.15, -0.1) is 0 Å². The molecule has 1 fully saturated rings. The lowest BCUT2D eigenvalue weighted by atomic mass is 10.5. The van der Waals surface area contributed by atoms with Crippen LogP contribution in [0.5, 0.6) is 0 Å². The van der Waals surface area contributed by atoms with E-state index in [1.165, 1.54) is 8.71 Å². The molecule has 7 heteroatoms. The molecule has 2 aromatic heterocycles. The minimum atomic E-state index is -3.60. The van der Waals surface area contributed by atoms with Gasteiger partial charge < -0.3 is 0 Å². The molecule has 1 aliphatic rings. The molecule has 1 aliphatic carbocycles. The zero-order valence-electron chi connectivity index (χ0n) is 10.5. The smallest absolute Gasteiger partial charge is 0.262 e. The van der Waals surface area contributed by atoms with Crippen LogP contribution in [0.1, 0.15) is 19.8 Å². The second-order valence-electron chi connectivity index (χ2n) is 4.58. The predicted octanol–water partition coefficient (Wildman–Crippen LogP) is 2.16. The van der Waals surface area contributed by atoms with Gasteiger partial charge in [0, 0.05) is 18.8 Å². The summed E-state index contributed by atoms with van der Waals surface area (Å²) in [5.41, 5.74) is 0.540. The summed E-state index contributed by atoms with van der Waals surface area (Å²) < 4.78 is 28.5. The van der Waals surface area contributed by atoms with Crippen LogP contribution in [0, 0.1) is 0 Å². The van der Waals surface area contributed by atoms with E-state index in [1.54, 1.807) is 24.4 Å². The number of halogens is 1. The van der Waals surface area contributed by atoms with E-state index >= 15 is 0 Å². The van der Waals surface area contributed by atoms with E-state index in [4.69, 9.17) is 11.6 Å². The van der Waals surface area contributed by atoms with Gasteiger partial charge in [0.15, 0.2) is 10.2 Å². The summed E-state index contributed by atoms with van der Waals surface area (Å²) in [5, 5.41) is 0.101. The maximum Gasteiger partial charge on any atom is 0.262 e. The van der Waals surface area contributed by atoms with E-state index in [0.29, 0.717) is 12.2 Å². The molecule has 0 atom stereocenters. The van der Waals surface area contributed by atoms with E-state index in [0.717, 1.165) is 12.8 Å². The van der Waals surface area contributed by atoms with Gasteiger partial charge in [-0.1, -0.05) is 24.6 Å². The zero-order chi connectivity index (χ0) is 13.6. The first-order valence-corrected chi connectivity index (χ1v) is 8.02. The fourth-order valence-corrected chi connectivity index (χ4v) is 4.57. The monoisotopic (exact) mass is 299 g/mol. The highest BCUT2D eigenvalue weighted by Crippen LogP contribution is 2.34. The number of aromatic nitrogens is 2. The van der Waals surface area contributed by atoms with Gasteiger partial charge in [-0.25, -0.2) is 13.4 Å². The van der Waals surface area contributed by atoms with Crippen molar-refractivity contribution in [1.82, 2.24) is 13.7 Å². The van der Waals surface area contributed by atoms with Crippen LogP contribution in [0.2, 0.25) is 5.15 Å². The number of sulfonamides is 1. The Morgan fingerprint density at radius 3 is 2.84 bits per heavy atom.